The van der Waals surface area contributed by atoms with Crippen LogP contribution in [-0.4, -0.2) is 0 Å². The van der Waals surface area contributed by atoms with Crippen molar-refractivity contribution in [1.82, 2.24) is 0 Å². The number of hydrogen-bond acceptors (Lipinski definition) is 2. The van der Waals surface area contributed by atoms with E-state index in [1.807, 2.05) is 0 Å². The van der Waals surface area contributed by atoms with E-state index in [2.05, 4.69) is 4.98 Å². The molecule has 0 bridgehead atoms. The van der Waals surface area contributed by atoms with Gasteiger partial charge in [0.05, 0.1) is 0 Å². The molecule has 0 atom stereocenters. The zero-order chi connectivity index (χ0) is 6.69. The normalized spacial score (nSPS) is 6.25. The molecular formula is C6H8Cl2N3Zn+3. The summed E-state index contributed by atoms with van der Waals surface area (Å²) in [6.45, 7) is 0. The van der Waals surface area contributed by atoms with Gasteiger partial charge >= 0.3 is 25.2 Å². The van der Waals surface area contributed by atoms with Gasteiger partial charge in [-0.2, -0.15) is 0 Å². The number of benzene rings is 1. The third-order valence-electron chi connectivity index (χ3n) is 1.01. The van der Waals surface area contributed by atoms with E-state index in [1.165, 1.54) is 0 Å². The number of hydrogen-bond donors (Lipinski definition) is 1. The quantitative estimate of drug-likeness (QED) is 0.442. The fourth-order valence-corrected chi connectivity index (χ4v) is 0.541. The van der Waals surface area contributed by atoms with Crippen molar-refractivity contribution < 1.29 is 19.5 Å². The van der Waals surface area contributed by atoms with Crippen molar-refractivity contribution in [3.63, 3.8) is 0 Å². The molecule has 0 aliphatic rings. The van der Waals surface area contributed by atoms with Gasteiger partial charge in [-0.3, -0.25) is 0 Å². The Hall–Kier alpha value is -0.357. The van der Waals surface area contributed by atoms with E-state index < -0.39 is 0 Å². The van der Waals surface area contributed by atoms with Crippen LogP contribution in [0.4, 0.5) is 11.4 Å². The monoisotopic (exact) mass is 256 g/mol. The molecule has 0 radical (unpaired) electrons. The zero-order valence-electron chi connectivity index (χ0n) is 6.30. The molecule has 0 saturated heterocycles. The molecule has 1 rings (SSSR count). The van der Waals surface area contributed by atoms with Gasteiger partial charge in [-0.05, 0) is 12.1 Å². The van der Waals surface area contributed by atoms with Gasteiger partial charge in [0.2, 0.25) is 5.39 Å². The van der Waals surface area contributed by atoms with Gasteiger partial charge in [0.25, 0.3) is 0 Å². The van der Waals surface area contributed by atoms with Gasteiger partial charge < -0.3 is 5.73 Å². The Labute approximate surface area is 95.9 Å². The fourth-order valence-electron chi connectivity index (χ4n) is 0.541. The Balaban J connectivity index is -0.000000270. The second-order valence-electron chi connectivity index (χ2n) is 1.69. The van der Waals surface area contributed by atoms with Crippen molar-refractivity contribution in [3.05, 3.63) is 29.2 Å². The van der Waals surface area contributed by atoms with Crippen LogP contribution in [0.1, 0.15) is 0 Å². The number of diazo groups is 1. The van der Waals surface area contributed by atoms with Crippen LogP contribution in [0.15, 0.2) is 24.3 Å². The summed E-state index contributed by atoms with van der Waals surface area (Å²) >= 11 is 0. The topological polar surface area (TPSA) is 54.2 Å². The van der Waals surface area contributed by atoms with Crippen molar-refractivity contribution in [3.8, 4) is 0 Å². The molecule has 12 heavy (non-hydrogen) atoms. The Kier molecular flexibility index (Phi) is 12.9. The minimum Gasteiger partial charge on any atom is -0.399 e. The maximum Gasteiger partial charge on any atom is 2.00 e. The average molecular weight is 258 g/mol. The molecule has 0 aromatic heterocycles. The van der Waals surface area contributed by atoms with Crippen molar-refractivity contribution >= 4 is 36.2 Å². The van der Waals surface area contributed by atoms with Crippen LogP contribution in [0, 0.1) is 5.39 Å². The third kappa shape index (κ3) is 5.31. The van der Waals surface area contributed by atoms with Crippen LogP contribution in [0.5, 0.6) is 0 Å². The summed E-state index contributed by atoms with van der Waals surface area (Å²) in [6, 6.07) is 6.62. The number of nitrogen functional groups attached to an aromatic ring is 1. The molecule has 0 aliphatic heterocycles. The summed E-state index contributed by atoms with van der Waals surface area (Å²) in [5, 5.41) is 8.21. The van der Waals surface area contributed by atoms with Gasteiger partial charge in [-0.25, -0.2) is 0 Å². The smallest absolute Gasteiger partial charge is 0.399 e. The number of nitrogens with two attached hydrogens (primary N) is 1. The minimum absolute atomic E-state index is 0. The molecule has 0 unspecified atom stereocenters. The molecule has 1 aromatic carbocycles. The predicted octanol–water partition coefficient (Wildman–Crippen LogP) is 2.59. The summed E-state index contributed by atoms with van der Waals surface area (Å²) in [4.78, 5) is 2.96. The second-order valence-corrected chi connectivity index (χ2v) is 1.69. The molecule has 0 aliphatic carbocycles. The van der Waals surface area contributed by atoms with Crippen LogP contribution in [-0.2, 0) is 19.5 Å². The van der Waals surface area contributed by atoms with Crippen LogP contribution < -0.4 is 5.73 Å². The van der Waals surface area contributed by atoms with Gasteiger partial charge in [0.1, 0.15) is 0 Å². The Morgan fingerprint density at radius 2 is 1.50 bits per heavy atom. The van der Waals surface area contributed by atoms with Gasteiger partial charge in [0, 0.05) is 17.8 Å². The van der Waals surface area contributed by atoms with Gasteiger partial charge in [-0.15, -0.1) is 24.8 Å². The van der Waals surface area contributed by atoms with Crippen molar-refractivity contribution in [2.24, 2.45) is 0 Å². The van der Waals surface area contributed by atoms with E-state index >= 15 is 0 Å². The zero-order valence-corrected chi connectivity index (χ0v) is 10.9. The summed E-state index contributed by atoms with van der Waals surface area (Å²) in [6.07, 6.45) is 0. The standard InChI is InChI=1S/C6H6N3.2ClH.Zn/c7-5-1-3-6(9-8)4-2-5;;;/h1-4H,7H2;2*1H;/q+1;;;+2. The summed E-state index contributed by atoms with van der Waals surface area (Å²) in [7, 11) is 0. The first kappa shape index (κ1) is 17.7. The molecule has 0 spiro atoms. The number of anilines is 1. The molecule has 0 amide bonds. The predicted molar refractivity (Wildman–Crippen MR) is 50.1 cm³/mol. The second kappa shape index (κ2) is 8.74. The molecule has 2 N–H and O–H groups in total. The number of nitrogens with zero attached hydrogens (tertiary/aromatic N) is 2. The molecule has 0 heterocycles. The van der Waals surface area contributed by atoms with E-state index in [9.17, 15) is 0 Å². The SMILES string of the molecule is Cl.Cl.N#[N+]c1ccc(N)cc1.[Zn+2]. The first-order valence-corrected chi connectivity index (χ1v) is 2.53. The number of halogens is 2. The average Bonchev–Trinajstić information content (AvgIpc) is 1.90. The van der Waals surface area contributed by atoms with Gasteiger partial charge in [-0.1, -0.05) is 0 Å². The van der Waals surface area contributed by atoms with E-state index in [0.29, 0.717) is 11.4 Å². The first-order valence-electron chi connectivity index (χ1n) is 2.53. The summed E-state index contributed by atoms with van der Waals surface area (Å²) < 4.78 is 0. The Bertz CT molecular complexity index is 244. The van der Waals surface area contributed by atoms with E-state index in [1.54, 1.807) is 24.3 Å². The van der Waals surface area contributed by atoms with E-state index in [0.717, 1.165) is 0 Å². The summed E-state index contributed by atoms with van der Waals surface area (Å²) in [5.74, 6) is 0. The van der Waals surface area contributed by atoms with Crippen LogP contribution in [0.25, 0.3) is 4.98 Å². The molecule has 3 nitrogen and oxygen atoms in total. The van der Waals surface area contributed by atoms with Crippen molar-refractivity contribution in [2.45, 2.75) is 0 Å². The Morgan fingerprint density at radius 3 is 1.83 bits per heavy atom. The van der Waals surface area contributed by atoms with Gasteiger partial charge in [0.15, 0.2) is 4.98 Å². The largest absolute Gasteiger partial charge is 2.00 e. The van der Waals surface area contributed by atoms with Crippen LogP contribution in [0.3, 0.4) is 0 Å². The first-order chi connectivity index (χ1) is 4.33. The molecule has 6 heteroatoms. The summed E-state index contributed by atoms with van der Waals surface area (Å²) in [5.41, 5.74) is 6.54. The van der Waals surface area contributed by atoms with Crippen molar-refractivity contribution in [1.29, 1.82) is 5.39 Å². The fraction of sp³-hybridized carbons (Fsp3) is 0. The van der Waals surface area contributed by atoms with Crippen molar-refractivity contribution in [2.75, 3.05) is 5.73 Å². The minimum atomic E-state index is 0. The molecule has 1 aromatic rings. The molecule has 0 fully saturated rings. The molecule has 60 valence electrons. The number of rotatable bonds is 0. The third-order valence-corrected chi connectivity index (χ3v) is 1.01. The maximum atomic E-state index is 8.21. The Morgan fingerprint density at radius 1 is 1.08 bits per heavy atom. The van der Waals surface area contributed by atoms with Crippen LogP contribution in [0.2, 0.25) is 0 Å². The molecule has 0 saturated carbocycles. The van der Waals surface area contributed by atoms with E-state index in [-0.39, 0.29) is 44.3 Å². The molecular weight excluding hydrogens is 250 g/mol. The van der Waals surface area contributed by atoms with Crippen LogP contribution >= 0.6 is 24.8 Å². The maximum absolute atomic E-state index is 8.21. The van der Waals surface area contributed by atoms with E-state index in [4.69, 9.17) is 11.1 Å².